The lowest BCUT2D eigenvalue weighted by Crippen LogP contribution is -2.25. The summed E-state index contributed by atoms with van der Waals surface area (Å²) in [5.41, 5.74) is 11.2. The minimum atomic E-state index is 0.505. The third-order valence-corrected chi connectivity index (χ3v) is 3.27. The quantitative estimate of drug-likeness (QED) is 0.677. The Morgan fingerprint density at radius 2 is 1.87 bits per heavy atom. The first-order chi connectivity index (χ1) is 7.36. The average molecular weight is 214 g/mol. The highest BCUT2D eigenvalue weighted by Gasteiger charge is 2.15. The van der Waals surface area contributed by atoms with E-state index < -0.39 is 0 Å². The number of rotatable bonds is 7. The minimum absolute atomic E-state index is 0.505. The Morgan fingerprint density at radius 1 is 1.13 bits per heavy atom. The molecule has 90 valence electrons. The third-order valence-electron chi connectivity index (χ3n) is 3.27. The molecule has 0 aromatic carbocycles. The van der Waals surface area contributed by atoms with E-state index >= 15 is 0 Å². The van der Waals surface area contributed by atoms with Gasteiger partial charge >= 0.3 is 0 Å². The molecule has 0 amide bonds. The zero-order valence-corrected chi connectivity index (χ0v) is 9.79. The van der Waals surface area contributed by atoms with Crippen molar-refractivity contribution in [2.24, 2.45) is 17.4 Å². The molecule has 1 atom stereocenters. The molecule has 0 radical (unpaired) electrons. The van der Waals surface area contributed by atoms with E-state index in [9.17, 15) is 0 Å². The van der Waals surface area contributed by atoms with Crippen LogP contribution in [0.3, 0.4) is 0 Å². The zero-order valence-electron chi connectivity index (χ0n) is 9.79. The first-order valence-corrected chi connectivity index (χ1v) is 6.38. The molecule has 0 saturated heterocycles. The number of hydrogen-bond acceptors (Lipinski definition) is 3. The normalized spacial score (nSPS) is 20.4. The van der Waals surface area contributed by atoms with E-state index in [0.29, 0.717) is 12.0 Å². The van der Waals surface area contributed by atoms with Crippen molar-refractivity contribution >= 4 is 0 Å². The van der Waals surface area contributed by atoms with Crippen LogP contribution in [0.1, 0.15) is 44.9 Å². The van der Waals surface area contributed by atoms with Crippen LogP contribution < -0.4 is 11.5 Å². The SMILES string of the molecule is NCCCC(CN)COC1CCCCC1. The van der Waals surface area contributed by atoms with E-state index in [1.807, 2.05) is 0 Å². The molecule has 0 heterocycles. The van der Waals surface area contributed by atoms with E-state index in [4.69, 9.17) is 16.2 Å². The molecule has 3 nitrogen and oxygen atoms in total. The standard InChI is InChI=1S/C12H26N2O/c13-8-4-5-11(9-14)10-15-12-6-2-1-3-7-12/h11-12H,1-10,13-14H2. The lowest BCUT2D eigenvalue weighted by molar-refractivity contribution is 0.00766. The molecular formula is C12H26N2O. The molecule has 1 rings (SSSR count). The van der Waals surface area contributed by atoms with Gasteiger partial charge in [-0.1, -0.05) is 19.3 Å². The fourth-order valence-corrected chi connectivity index (χ4v) is 2.18. The first kappa shape index (κ1) is 12.9. The van der Waals surface area contributed by atoms with Crippen molar-refractivity contribution in [2.75, 3.05) is 19.7 Å². The number of ether oxygens (including phenoxy) is 1. The topological polar surface area (TPSA) is 61.3 Å². The third kappa shape index (κ3) is 5.50. The van der Waals surface area contributed by atoms with Gasteiger partial charge in [0.15, 0.2) is 0 Å². The molecule has 3 heteroatoms. The summed E-state index contributed by atoms with van der Waals surface area (Å²) in [6.45, 7) is 2.33. The van der Waals surface area contributed by atoms with E-state index in [0.717, 1.165) is 32.5 Å². The predicted octanol–water partition coefficient (Wildman–Crippen LogP) is 1.65. The Kier molecular flexibility index (Phi) is 6.98. The van der Waals surface area contributed by atoms with E-state index in [-0.39, 0.29) is 0 Å². The maximum absolute atomic E-state index is 5.91. The Hall–Kier alpha value is -0.120. The molecule has 1 fully saturated rings. The fraction of sp³-hybridized carbons (Fsp3) is 1.00. The summed E-state index contributed by atoms with van der Waals surface area (Å²) in [6.07, 6.45) is 9.22. The monoisotopic (exact) mass is 214 g/mol. The van der Waals surface area contributed by atoms with Gasteiger partial charge in [0.1, 0.15) is 0 Å². The molecule has 1 saturated carbocycles. The summed E-state index contributed by atoms with van der Waals surface area (Å²) in [7, 11) is 0. The smallest absolute Gasteiger partial charge is 0.0575 e. The molecular weight excluding hydrogens is 188 g/mol. The van der Waals surface area contributed by atoms with Crippen LogP contribution in [0, 0.1) is 5.92 Å². The van der Waals surface area contributed by atoms with Crippen LogP contribution in [0.25, 0.3) is 0 Å². The van der Waals surface area contributed by atoms with E-state index in [1.165, 1.54) is 32.1 Å². The molecule has 15 heavy (non-hydrogen) atoms. The Bertz CT molecular complexity index is 147. The average Bonchev–Trinajstić information content (AvgIpc) is 2.31. The molecule has 4 N–H and O–H groups in total. The van der Waals surface area contributed by atoms with Crippen molar-refractivity contribution in [1.82, 2.24) is 0 Å². The van der Waals surface area contributed by atoms with Gasteiger partial charge < -0.3 is 16.2 Å². The van der Waals surface area contributed by atoms with Crippen LogP contribution in [0.4, 0.5) is 0 Å². The Labute approximate surface area is 93.5 Å². The molecule has 1 unspecified atom stereocenters. The van der Waals surface area contributed by atoms with Crippen molar-refractivity contribution in [2.45, 2.75) is 51.0 Å². The van der Waals surface area contributed by atoms with Crippen LogP contribution in [0.2, 0.25) is 0 Å². The molecule has 1 aliphatic carbocycles. The largest absolute Gasteiger partial charge is 0.378 e. The number of nitrogens with two attached hydrogens (primary N) is 2. The van der Waals surface area contributed by atoms with Gasteiger partial charge in [0.05, 0.1) is 12.7 Å². The number of hydrogen-bond donors (Lipinski definition) is 2. The summed E-state index contributed by atoms with van der Waals surface area (Å²) in [5, 5.41) is 0. The molecule has 0 aliphatic heterocycles. The zero-order chi connectivity index (χ0) is 10.9. The van der Waals surface area contributed by atoms with Gasteiger partial charge in [-0.25, -0.2) is 0 Å². The summed E-state index contributed by atoms with van der Waals surface area (Å²) in [4.78, 5) is 0. The van der Waals surface area contributed by atoms with Crippen molar-refractivity contribution < 1.29 is 4.74 Å². The second-order valence-electron chi connectivity index (χ2n) is 4.63. The van der Waals surface area contributed by atoms with Gasteiger partial charge in [-0.15, -0.1) is 0 Å². The van der Waals surface area contributed by atoms with E-state index in [1.54, 1.807) is 0 Å². The maximum Gasteiger partial charge on any atom is 0.0575 e. The van der Waals surface area contributed by atoms with Crippen LogP contribution in [0.5, 0.6) is 0 Å². The van der Waals surface area contributed by atoms with Gasteiger partial charge in [-0.3, -0.25) is 0 Å². The van der Waals surface area contributed by atoms with Gasteiger partial charge in [0.25, 0.3) is 0 Å². The molecule has 0 spiro atoms. The second-order valence-corrected chi connectivity index (χ2v) is 4.63. The van der Waals surface area contributed by atoms with Crippen molar-refractivity contribution in [3.05, 3.63) is 0 Å². The Balaban J connectivity index is 2.09. The summed E-state index contributed by atoms with van der Waals surface area (Å²) >= 11 is 0. The van der Waals surface area contributed by atoms with Crippen LogP contribution >= 0.6 is 0 Å². The summed E-state index contributed by atoms with van der Waals surface area (Å²) in [6, 6.07) is 0. The minimum Gasteiger partial charge on any atom is -0.378 e. The molecule has 0 aromatic rings. The highest BCUT2D eigenvalue weighted by molar-refractivity contribution is 4.67. The first-order valence-electron chi connectivity index (χ1n) is 6.38. The second kappa shape index (κ2) is 8.08. The van der Waals surface area contributed by atoms with Gasteiger partial charge in [-0.05, 0) is 44.7 Å². The van der Waals surface area contributed by atoms with Crippen LogP contribution in [-0.2, 0) is 4.74 Å². The maximum atomic E-state index is 5.91. The van der Waals surface area contributed by atoms with Gasteiger partial charge in [0.2, 0.25) is 0 Å². The lowest BCUT2D eigenvalue weighted by Gasteiger charge is -2.24. The van der Waals surface area contributed by atoms with Gasteiger partial charge in [-0.2, -0.15) is 0 Å². The van der Waals surface area contributed by atoms with Gasteiger partial charge in [0, 0.05) is 0 Å². The highest BCUT2D eigenvalue weighted by atomic mass is 16.5. The van der Waals surface area contributed by atoms with Crippen LogP contribution in [0.15, 0.2) is 0 Å². The van der Waals surface area contributed by atoms with E-state index in [2.05, 4.69) is 0 Å². The summed E-state index contributed by atoms with van der Waals surface area (Å²) < 4.78 is 5.91. The fourth-order valence-electron chi connectivity index (χ4n) is 2.18. The Morgan fingerprint density at radius 3 is 2.47 bits per heavy atom. The highest BCUT2D eigenvalue weighted by Crippen LogP contribution is 2.21. The van der Waals surface area contributed by atoms with Crippen molar-refractivity contribution in [1.29, 1.82) is 0 Å². The van der Waals surface area contributed by atoms with Crippen LogP contribution in [-0.4, -0.2) is 25.8 Å². The summed E-state index contributed by atoms with van der Waals surface area (Å²) in [5.74, 6) is 0.510. The van der Waals surface area contributed by atoms with Crippen molar-refractivity contribution in [3.8, 4) is 0 Å². The lowest BCUT2D eigenvalue weighted by atomic mass is 9.97. The van der Waals surface area contributed by atoms with Crippen molar-refractivity contribution in [3.63, 3.8) is 0 Å². The molecule has 0 bridgehead atoms. The predicted molar refractivity (Wildman–Crippen MR) is 63.7 cm³/mol. The molecule has 1 aliphatic rings. The molecule has 0 aromatic heterocycles.